The van der Waals surface area contributed by atoms with Crippen molar-refractivity contribution in [3.63, 3.8) is 0 Å². The van der Waals surface area contributed by atoms with Crippen molar-refractivity contribution < 1.29 is 0 Å². The number of aryl methyl sites for hydroxylation is 1. The van der Waals surface area contributed by atoms with E-state index in [2.05, 4.69) is 20.9 Å². The predicted molar refractivity (Wildman–Crippen MR) is 53.4 cm³/mol. The van der Waals surface area contributed by atoms with E-state index in [9.17, 15) is 0 Å². The summed E-state index contributed by atoms with van der Waals surface area (Å²) >= 11 is 9.22. The molecule has 0 aliphatic carbocycles. The van der Waals surface area contributed by atoms with Crippen molar-refractivity contribution in [1.29, 1.82) is 0 Å². The third-order valence-corrected chi connectivity index (χ3v) is 2.61. The molecule has 0 aromatic carbocycles. The van der Waals surface area contributed by atoms with Gasteiger partial charge >= 0.3 is 0 Å². The van der Waals surface area contributed by atoms with E-state index in [0.717, 1.165) is 15.5 Å². The largest absolute Gasteiger partial charge is 0.336 e. The number of aromatic nitrogens is 2. The molecule has 0 bridgehead atoms. The van der Waals surface area contributed by atoms with Crippen LogP contribution in [-0.2, 0) is 7.05 Å². The van der Waals surface area contributed by atoms with E-state index in [0.29, 0.717) is 5.15 Å². The summed E-state index contributed by atoms with van der Waals surface area (Å²) in [6.45, 7) is 0. The molecule has 0 radical (unpaired) electrons. The van der Waals surface area contributed by atoms with Crippen LogP contribution in [0.3, 0.4) is 0 Å². The lowest BCUT2D eigenvalue weighted by atomic mass is 10.3. The molecule has 0 unspecified atom stereocenters. The molecule has 12 heavy (non-hydrogen) atoms. The molecular weight excluding hydrogens is 239 g/mol. The highest BCUT2D eigenvalue weighted by atomic mass is 79.9. The van der Waals surface area contributed by atoms with Crippen LogP contribution in [0, 0.1) is 0 Å². The normalized spacial score (nSPS) is 10.9. The molecule has 2 aromatic heterocycles. The maximum atomic E-state index is 5.80. The number of hydrogen-bond donors (Lipinski definition) is 0. The zero-order chi connectivity index (χ0) is 8.72. The van der Waals surface area contributed by atoms with Crippen LogP contribution >= 0.6 is 27.5 Å². The van der Waals surface area contributed by atoms with E-state index in [1.165, 1.54) is 0 Å². The van der Waals surface area contributed by atoms with Crippen LogP contribution in [0.1, 0.15) is 0 Å². The Morgan fingerprint density at radius 3 is 3.08 bits per heavy atom. The zero-order valence-electron chi connectivity index (χ0n) is 6.38. The molecular formula is C8H6BrClN2. The van der Waals surface area contributed by atoms with Crippen LogP contribution in [0.25, 0.3) is 11.0 Å². The summed E-state index contributed by atoms with van der Waals surface area (Å²) in [6.07, 6.45) is 1.96. The van der Waals surface area contributed by atoms with Crippen molar-refractivity contribution in [3.8, 4) is 0 Å². The Hall–Kier alpha value is -0.540. The summed E-state index contributed by atoms with van der Waals surface area (Å²) in [5, 5.41) is 1.60. The van der Waals surface area contributed by atoms with E-state index in [4.69, 9.17) is 11.6 Å². The summed E-state index contributed by atoms with van der Waals surface area (Å²) in [6, 6.07) is 3.80. The van der Waals surface area contributed by atoms with Gasteiger partial charge in [-0.05, 0) is 28.1 Å². The molecule has 0 amide bonds. The number of pyridine rings is 1. The summed E-state index contributed by atoms with van der Waals surface area (Å²) in [7, 11) is 1.94. The molecule has 0 fully saturated rings. The predicted octanol–water partition coefficient (Wildman–Crippen LogP) is 2.99. The second-order valence-corrected chi connectivity index (χ2v) is 3.83. The monoisotopic (exact) mass is 244 g/mol. The topological polar surface area (TPSA) is 17.8 Å². The van der Waals surface area contributed by atoms with Crippen molar-refractivity contribution in [3.05, 3.63) is 28.0 Å². The molecule has 0 saturated carbocycles. The first-order chi connectivity index (χ1) is 5.68. The minimum atomic E-state index is 0.510. The smallest absolute Gasteiger partial charge is 0.142 e. The van der Waals surface area contributed by atoms with Crippen molar-refractivity contribution >= 4 is 38.6 Å². The van der Waals surface area contributed by atoms with Gasteiger partial charge in [0.05, 0.1) is 0 Å². The van der Waals surface area contributed by atoms with Crippen molar-refractivity contribution in [2.24, 2.45) is 7.05 Å². The zero-order valence-corrected chi connectivity index (χ0v) is 8.72. The van der Waals surface area contributed by atoms with Crippen LogP contribution in [0.5, 0.6) is 0 Å². The first kappa shape index (κ1) is 8.08. The SMILES string of the molecule is Cn1ccc2c(Br)cc(Cl)nc21. The molecule has 0 aliphatic heterocycles. The highest BCUT2D eigenvalue weighted by Crippen LogP contribution is 2.25. The third kappa shape index (κ3) is 1.13. The number of nitrogens with zero attached hydrogens (tertiary/aromatic N) is 2. The summed E-state index contributed by atoms with van der Waals surface area (Å²) in [5.74, 6) is 0. The Labute approximate surface area is 83.3 Å². The van der Waals surface area contributed by atoms with Crippen molar-refractivity contribution in [2.45, 2.75) is 0 Å². The molecule has 0 aliphatic rings. The van der Waals surface area contributed by atoms with Crippen LogP contribution in [-0.4, -0.2) is 9.55 Å². The lowest BCUT2D eigenvalue weighted by molar-refractivity contribution is 0.948. The van der Waals surface area contributed by atoms with Gasteiger partial charge in [-0.15, -0.1) is 0 Å². The molecule has 0 spiro atoms. The molecule has 62 valence electrons. The maximum Gasteiger partial charge on any atom is 0.142 e. The Kier molecular flexibility index (Phi) is 1.85. The molecule has 0 N–H and O–H groups in total. The van der Waals surface area contributed by atoms with E-state index >= 15 is 0 Å². The number of fused-ring (bicyclic) bond motifs is 1. The Morgan fingerprint density at radius 2 is 2.33 bits per heavy atom. The fourth-order valence-corrected chi connectivity index (χ4v) is 2.01. The van der Waals surface area contributed by atoms with Gasteiger partial charge in [-0.3, -0.25) is 0 Å². The Morgan fingerprint density at radius 1 is 1.58 bits per heavy atom. The van der Waals surface area contributed by atoms with Crippen LogP contribution in [0.4, 0.5) is 0 Å². The van der Waals surface area contributed by atoms with Crippen molar-refractivity contribution in [2.75, 3.05) is 0 Å². The molecule has 2 aromatic rings. The van der Waals surface area contributed by atoms with Gasteiger partial charge in [0.1, 0.15) is 10.8 Å². The average Bonchev–Trinajstić information content (AvgIpc) is 2.33. The van der Waals surface area contributed by atoms with E-state index in [1.54, 1.807) is 6.07 Å². The van der Waals surface area contributed by atoms with Crippen LogP contribution < -0.4 is 0 Å². The van der Waals surface area contributed by atoms with Gasteiger partial charge in [0.2, 0.25) is 0 Å². The van der Waals surface area contributed by atoms with Gasteiger partial charge in [0, 0.05) is 23.1 Å². The van der Waals surface area contributed by atoms with Gasteiger partial charge < -0.3 is 4.57 Å². The van der Waals surface area contributed by atoms with E-state index in [-0.39, 0.29) is 0 Å². The second kappa shape index (κ2) is 2.75. The van der Waals surface area contributed by atoms with Crippen molar-refractivity contribution in [1.82, 2.24) is 9.55 Å². The average molecular weight is 246 g/mol. The van der Waals surface area contributed by atoms with Crippen LogP contribution in [0.2, 0.25) is 5.15 Å². The van der Waals surface area contributed by atoms with Gasteiger partial charge in [0.25, 0.3) is 0 Å². The molecule has 2 heterocycles. The van der Waals surface area contributed by atoms with Crippen LogP contribution in [0.15, 0.2) is 22.8 Å². The van der Waals surface area contributed by atoms with Gasteiger partial charge in [-0.1, -0.05) is 11.6 Å². The second-order valence-electron chi connectivity index (χ2n) is 2.59. The van der Waals surface area contributed by atoms with Gasteiger partial charge in [0.15, 0.2) is 0 Å². The highest BCUT2D eigenvalue weighted by molar-refractivity contribution is 9.10. The van der Waals surface area contributed by atoms with E-state index in [1.807, 2.05) is 23.9 Å². The maximum absolute atomic E-state index is 5.80. The standard InChI is InChI=1S/C8H6BrClN2/c1-12-3-2-5-6(9)4-7(10)11-8(5)12/h2-4H,1H3. The lowest BCUT2D eigenvalue weighted by Crippen LogP contribution is -1.87. The minimum absolute atomic E-state index is 0.510. The van der Waals surface area contributed by atoms with Gasteiger partial charge in [-0.25, -0.2) is 4.98 Å². The first-order valence-electron chi connectivity index (χ1n) is 3.45. The highest BCUT2D eigenvalue weighted by Gasteiger charge is 2.04. The number of hydrogen-bond acceptors (Lipinski definition) is 1. The molecule has 2 nitrogen and oxygen atoms in total. The number of halogens is 2. The lowest BCUT2D eigenvalue weighted by Gasteiger charge is -1.97. The fraction of sp³-hybridized carbons (Fsp3) is 0.125. The third-order valence-electron chi connectivity index (χ3n) is 1.76. The fourth-order valence-electron chi connectivity index (χ4n) is 1.16. The molecule has 0 saturated heterocycles. The first-order valence-corrected chi connectivity index (χ1v) is 4.62. The Balaban J connectivity index is 2.92. The minimum Gasteiger partial charge on any atom is -0.336 e. The summed E-state index contributed by atoms with van der Waals surface area (Å²) in [4.78, 5) is 4.19. The van der Waals surface area contributed by atoms with Gasteiger partial charge in [-0.2, -0.15) is 0 Å². The Bertz CT molecular complexity index is 436. The number of rotatable bonds is 0. The molecule has 2 rings (SSSR count). The molecule has 4 heteroatoms. The quantitative estimate of drug-likeness (QED) is 0.653. The summed E-state index contributed by atoms with van der Waals surface area (Å²) < 4.78 is 2.92. The summed E-state index contributed by atoms with van der Waals surface area (Å²) in [5.41, 5.74) is 0.898. The van der Waals surface area contributed by atoms with E-state index < -0.39 is 0 Å². The molecule has 0 atom stereocenters.